The van der Waals surface area contributed by atoms with Gasteiger partial charge in [-0.3, -0.25) is 9.59 Å². The number of aliphatic carboxylic acids is 1. The van der Waals surface area contributed by atoms with Gasteiger partial charge in [0.1, 0.15) is 11.6 Å². The fraction of sp³-hybridized carbons (Fsp3) is 0.714. The van der Waals surface area contributed by atoms with E-state index in [2.05, 4.69) is 0 Å². The summed E-state index contributed by atoms with van der Waals surface area (Å²) >= 11 is 0. The molecule has 1 aromatic rings. The molecule has 0 saturated heterocycles. The van der Waals surface area contributed by atoms with Crippen LogP contribution in [0.25, 0.3) is 0 Å². The Morgan fingerprint density at radius 1 is 1.09 bits per heavy atom. The molecule has 1 atom stereocenters. The quantitative estimate of drug-likeness (QED) is 0.447. The highest BCUT2D eigenvalue weighted by Crippen LogP contribution is 2.60. The van der Waals surface area contributed by atoms with E-state index in [9.17, 15) is 14.7 Å². The second kappa shape index (κ2) is 8.09. The van der Waals surface area contributed by atoms with E-state index in [0.717, 1.165) is 36.2 Å². The van der Waals surface area contributed by atoms with E-state index in [1.807, 2.05) is 0 Å². The van der Waals surface area contributed by atoms with Crippen molar-refractivity contribution in [3.8, 4) is 5.75 Å². The van der Waals surface area contributed by atoms with Gasteiger partial charge >= 0.3 is 5.97 Å². The smallest absolute Gasteiger partial charge is 0.307 e. The van der Waals surface area contributed by atoms with Crippen LogP contribution in [0, 0.1) is 40.3 Å². The molecular formula is C28H37FO4. The first-order chi connectivity index (χ1) is 15.5. The second-order valence-corrected chi connectivity index (χ2v) is 12.7. The number of hydrogen-bond acceptors (Lipinski definition) is 3. The number of benzene rings is 1. The Morgan fingerprint density at radius 3 is 2.15 bits per heavy atom. The molecule has 0 aliphatic heterocycles. The predicted molar refractivity (Wildman–Crippen MR) is 124 cm³/mol. The summed E-state index contributed by atoms with van der Waals surface area (Å²) in [5.41, 5.74) is 0.585. The molecule has 5 saturated carbocycles. The zero-order valence-electron chi connectivity index (χ0n) is 20.2. The lowest BCUT2D eigenvalue weighted by molar-refractivity contribution is -0.145. The van der Waals surface area contributed by atoms with Gasteiger partial charge in [-0.15, -0.1) is 0 Å². The van der Waals surface area contributed by atoms with Crippen LogP contribution < -0.4 is 4.74 Å². The van der Waals surface area contributed by atoms with Crippen molar-refractivity contribution in [2.75, 3.05) is 6.61 Å². The van der Waals surface area contributed by atoms with Crippen molar-refractivity contribution in [2.45, 2.75) is 84.5 Å². The lowest BCUT2D eigenvalue weighted by atomic mass is 9.50. The molecule has 0 amide bonds. The lowest BCUT2D eigenvalue weighted by Gasteiger charge is -2.56. The molecule has 6 rings (SSSR count). The van der Waals surface area contributed by atoms with Crippen molar-refractivity contribution in [3.63, 3.8) is 0 Å². The maximum Gasteiger partial charge on any atom is 0.307 e. The molecule has 0 radical (unpaired) electrons. The van der Waals surface area contributed by atoms with E-state index in [1.54, 1.807) is 26.8 Å². The summed E-state index contributed by atoms with van der Waals surface area (Å²) in [5.74, 6) is 0.495. The highest BCUT2D eigenvalue weighted by molar-refractivity contribution is 5.98. The minimum atomic E-state index is -1.02. The van der Waals surface area contributed by atoms with E-state index >= 15 is 4.39 Å². The van der Waals surface area contributed by atoms with E-state index in [0.29, 0.717) is 18.3 Å². The van der Waals surface area contributed by atoms with Crippen LogP contribution >= 0.6 is 0 Å². The third-order valence-corrected chi connectivity index (χ3v) is 8.85. The Balaban J connectivity index is 1.35. The number of carboxylic acid groups (broad SMARTS) is 1. The van der Waals surface area contributed by atoms with Crippen LogP contribution in [0.2, 0.25) is 0 Å². The molecule has 0 unspecified atom stereocenters. The molecule has 0 aromatic heterocycles. The number of hydrogen-bond donors (Lipinski definition) is 1. The zero-order chi connectivity index (χ0) is 23.5. The number of carbonyl (C=O) groups excluding carboxylic acids is 1. The van der Waals surface area contributed by atoms with Gasteiger partial charge in [-0.05, 0) is 92.1 Å². The maximum atomic E-state index is 15.1. The minimum absolute atomic E-state index is 0.00885. The van der Waals surface area contributed by atoms with Crippen LogP contribution in [0.1, 0.15) is 100 Å². The molecule has 4 nitrogen and oxygen atoms in total. The number of Topliss-reactive ketones (excluding diaryl/α,β-unsaturated/α-hetero) is 1. The van der Waals surface area contributed by atoms with Crippen LogP contribution in [0.15, 0.2) is 12.1 Å². The monoisotopic (exact) mass is 456 g/mol. The van der Waals surface area contributed by atoms with Crippen LogP contribution in [-0.2, 0) is 4.79 Å². The summed E-state index contributed by atoms with van der Waals surface area (Å²) in [5, 5.41) is 9.59. The largest absolute Gasteiger partial charge is 0.493 e. The van der Waals surface area contributed by atoms with Gasteiger partial charge in [0.2, 0.25) is 0 Å². The average Bonchev–Trinajstić information content (AvgIpc) is 3.53. The number of ketones is 1. The number of ether oxygens (including phenoxy) is 1. The summed E-state index contributed by atoms with van der Waals surface area (Å²) in [7, 11) is 0. The predicted octanol–water partition coefficient (Wildman–Crippen LogP) is 6.62. The summed E-state index contributed by atoms with van der Waals surface area (Å²) in [6, 6.07) is 3.06. The first kappa shape index (κ1) is 22.9. The Labute approximate surface area is 196 Å². The molecule has 4 bridgehead atoms. The van der Waals surface area contributed by atoms with Crippen LogP contribution in [0.3, 0.4) is 0 Å². The maximum absolute atomic E-state index is 15.1. The first-order valence-corrected chi connectivity index (χ1v) is 12.8. The van der Waals surface area contributed by atoms with Gasteiger partial charge < -0.3 is 9.84 Å². The van der Waals surface area contributed by atoms with Gasteiger partial charge in [0.15, 0.2) is 5.78 Å². The fourth-order valence-electron chi connectivity index (χ4n) is 7.38. The number of halogens is 1. The number of carbonyl (C=O) groups is 2. The highest BCUT2D eigenvalue weighted by Gasteiger charge is 2.51. The number of carboxylic acids is 1. The Bertz CT molecular complexity index is 920. The van der Waals surface area contributed by atoms with E-state index in [4.69, 9.17) is 4.74 Å². The standard InChI is InChI=1S/C28H37FO4/c1-27(2,3)22(26(31)32)10-24(30)21-9-20(19-4-5-19)25(11-23(21)29)33-15-28-12-16-6-17(13-28)8-18(7-16)14-28/h9,11,16-19,22H,4-8,10,12-15H2,1-3H3,(H,31,32)/t16?,17?,18?,22-,28?/m1/s1. The molecule has 5 aliphatic rings. The second-order valence-electron chi connectivity index (χ2n) is 12.7. The molecule has 180 valence electrons. The molecule has 0 spiro atoms. The van der Waals surface area contributed by atoms with Gasteiger partial charge in [0.05, 0.1) is 18.1 Å². The summed E-state index contributed by atoms with van der Waals surface area (Å²) in [4.78, 5) is 24.7. The van der Waals surface area contributed by atoms with Crippen molar-refractivity contribution in [2.24, 2.45) is 34.5 Å². The van der Waals surface area contributed by atoms with Crippen LogP contribution in [0.4, 0.5) is 4.39 Å². The first-order valence-electron chi connectivity index (χ1n) is 12.8. The molecule has 5 aliphatic carbocycles. The third kappa shape index (κ3) is 4.57. The Kier molecular flexibility index (Phi) is 5.61. The highest BCUT2D eigenvalue weighted by atomic mass is 19.1. The molecule has 33 heavy (non-hydrogen) atoms. The van der Waals surface area contributed by atoms with Gasteiger partial charge in [0, 0.05) is 17.9 Å². The van der Waals surface area contributed by atoms with Crippen LogP contribution in [0.5, 0.6) is 5.75 Å². The van der Waals surface area contributed by atoms with Gasteiger partial charge in [0.25, 0.3) is 0 Å². The topological polar surface area (TPSA) is 63.6 Å². The summed E-state index contributed by atoms with van der Waals surface area (Å²) in [6.45, 7) is 6.04. The van der Waals surface area contributed by atoms with Crippen molar-refractivity contribution in [3.05, 3.63) is 29.1 Å². The number of rotatable bonds is 8. The lowest BCUT2D eigenvalue weighted by Crippen LogP contribution is -2.48. The zero-order valence-corrected chi connectivity index (χ0v) is 20.2. The Hall–Kier alpha value is -1.91. The van der Waals surface area contributed by atoms with Crippen molar-refractivity contribution < 1.29 is 23.8 Å². The average molecular weight is 457 g/mol. The SMILES string of the molecule is CC(C)(C)[C@H](CC(=O)c1cc(C2CC2)c(OCC23CC4CC(CC(C4)C2)C3)cc1F)C(=O)O. The van der Waals surface area contributed by atoms with Gasteiger partial charge in [-0.1, -0.05) is 20.8 Å². The van der Waals surface area contributed by atoms with Crippen molar-refractivity contribution >= 4 is 11.8 Å². The van der Waals surface area contributed by atoms with E-state index in [-0.39, 0.29) is 17.4 Å². The van der Waals surface area contributed by atoms with E-state index in [1.165, 1.54) is 44.6 Å². The van der Waals surface area contributed by atoms with Gasteiger partial charge in [-0.2, -0.15) is 0 Å². The van der Waals surface area contributed by atoms with Gasteiger partial charge in [-0.25, -0.2) is 4.39 Å². The molecule has 1 N–H and O–H groups in total. The molecule has 5 heteroatoms. The molecular weight excluding hydrogens is 419 g/mol. The fourth-order valence-corrected chi connectivity index (χ4v) is 7.38. The van der Waals surface area contributed by atoms with Crippen molar-refractivity contribution in [1.29, 1.82) is 0 Å². The molecule has 1 aromatic carbocycles. The minimum Gasteiger partial charge on any atom is -0.493 e. The normalized spacial score (nSPS) is 31.5. The summed E-state index contributed by atoms with van der Waals surface area (Å²) in [6.07, 6.45) is 9.69. The Morgan fingerprint density at radius 2 is 1.67 bits per heavy atom. The van der Waals surface area contributed by atoms with Crippen LogP contribution in [-0.4, -0.2) is 23.5 Å². The molecule has 0 heterocycles. The van der Waals surface area contributed by atoms with Crippen molar-refractivity contribution in [1.82, 2.24) is 0 Å². The molecule has 5 fully saturated rings. The third-order valence-electron chi connectivity index (χ3n) is 8.85. The summed E-state index contributed by atoms with van der Waals surface area (Å²) < 4.78 is 21.5. The van der Waals surface area contributed by atoms with E-state index < -0.39 is 28.9 Å².